The number of hydrogen-bond acceptors (Lipinski definition) is 4. The van der Waals surface area contributed by atoms with Crippen molar-refractivity contribution in [1.29, 1.82) is 0 Å². The van der Waals surface area contributed by atoms with E-state index in [0.29, 0.717) is 23.6 Å². The number of carboxylic acid groups (broad SMARTS) is 1. The molecule has 186 valence electrons. The average molecular weight is 536 g/mol. The molecule has 2 aromatic carbocycles. The van der Waals surface area contributed by atoms with Gasteiger partial charge in [0.1, 0.15) is 17.9 Å². The molecule has 0 spiro atoms. The maximum atomic E-state index is 13.6. The number of allylic oxidation sites excluding steroid dienone is 3. The maximum absolute atomic E-state index is 13.6. The van der Waals surface area contributed by atoms with Gasteiger partial charge in [-0.25, -0.2) is 8.42 Å². The Morgan fingerprint density at radius 3 is 2.69 bits per heavy atom. The fourth-order valence-electron chi connectivity index (χ4n) is 4.38. The highest BCUT2D eigenvalue weighted by molar-refractivity contribution is 7.89. The molecule has 4 rings (SSSR count). The summed E-state index contributed by atoms with van der Waals surface area (Å²) in [6.45, 7) is 3.05. The van der Waals surface area contributed by atoms with Crippen molar-refractivity contribution in [2.45, 2.75) is 48.5 Å². The number of nitrogens with zero attached hydrogens (tertiary/aromatic N) is 1. The fraction of sp³-hybridized carbons (Fsp3) is 0.346. The van der Waals surface area contributed by atoms with Gasteiger partial charge in [0.05, 0.1) is 9.77 Å². The number of sulfonamides is 1. The fourth-order valence-corrected chi connectivity index (χ4v) is 6.51. The lowest BCUT2D eigenvalue weighted by Gasteiger charge is -2.34. The Labute approximate surface area is 215 Å². The normalized spacial score (nSPS) is 21.2. The van der Waals surface area contributed by atoms with Crippen LogP contribution in [0.15, 0.2) is 65.6 Å². The third-order valence-corrected chi connectivity index (χ3v) is 8.58. The average Bonchev–Trinajstić information content (AvgIpc) is 2.77. The molecule has 0 radical (unpaired) electrons. The number of carbonyl (C=O) groups is 1. The second-order valence-electron chi connectivity index (χ2n) is 9.57. The standard InChI is InChI=1S/C26H27Cl2NO5S/c1-25(2)12-10-19-14-22(8-9-23(19)34-25)35(32,33)29(16-24(30)31)17-26(28)11-4-6-20(15-26)18-5-3-7-21(27)13-18/h3-9,11,13-14H,10,12,15-17H2,1-2H3,(H,30,31). The molecule has 0 aromatic heterocycles. The van der Waals surface area contributed by atoms with E-state index in [1.165, 1.54) is 6.07 Å². The zero-order valence-electron chi connectivity index (χ0n) is 19.5. The molecule has 1 heterocycles. The molecule has 1 N–H and O–H groups in total. The molecule has 2 aromatic rings. The van der Waals surface area contributed by atoms with E-state index in [1.807, 2.05) is 38.1 Å². The first kappa shape index (κ1) is 25.8. The molecule has 0 saturated carbocycles. The van der Waals surface area contributed by atoms with Gasteiger partial charge in [0.2, 0.25) is 10.0 Å². The molecule has 1 aliphatic heterocycles. The number of hydrogen-bond donors (Lipinski definition) is 1. The van der Waals surface area contributed by atoms with Crippen LogP contribution in [0.25, 0.3) is 5.57 Å². The Morgan fingerprint density at radius 1 is 1.20 bits per heavy atom. The van der Waals surface area contributed by atoms with Crippen LogP contribution in [0.3, 0.4) is 0 Å². The van der Waals surface area contributed by atoms with Gasteiger partial charge in [0, 0.05) is 11.6 Å². The van der Waals surface area contributed by atoms with E-state index in [2.05, 4.69) is 0 Å². The Morgan fingerprint density at radius 2 is 1.97 bits per heavy atom. The van der Waals surface area contributed by atoms with E-state index in [0.717, 1.165) is 27.4 Å². The lowest BCUT2D eigenvalue weighted by Crippen LogP contribution is -2.44. The van der Waals surface area contributed by atoms with Crippen molar-refractivity contribution < 1.29 is 23.1 Å². The monoisotopic (exact) mass is 535 g/mol. The van der Waals surface area contributed by atoms with Crippen LogP contribution in [0, 0.1) is 0 Å². The molecule has 0 amide bonds. The molecule has 0 bridgehead atoms. The Balaban J connectivity index is 1.61. The Kier molecular flexibility index (Phi) is 7.08. The van der Waals surface area contributed by atoms with Gasteiger partial charge in [-0.05, 0) is 80.1 Å². The van der Waals surface area contributed by atoms with Crippen LogP contribution in [0.5, 0.6) is 5.75 Å². The van der Waals surface area contributed by atoms with E-state index >= 15 is 0 Å². The van der Waals surface area contributed by atoms with Crippen LogP contribution in [0.4, 0.5) is 0 Å². The summed E-state index contributed by atoms with van der Waals surface area (Å²) in [6.07, 6.45) is 7.08. The first-order chi connectivity index (χ1) is 16.4. The first-order valence-corrected chi connectivity index (χ1v) is 13.4. The van der Waals surface area contributed by atoms with Gasteiger partial charge in [0.15, 0.2) is 0 Å². The highest BCUT2D eigenvalue weighted by Crippen LogP contribution is 2.38. The summed E-state index contributed by atoms with van der Waals surface area (Å²) in [6, 6.07) is 12.0. The number of benzene rings is 2. The summed E-state index contributed by atoms with van der Waals surface area (Å²) in [7, 11) is -4.15. The van der Waals surface area contributed by atoms with Crippen LogP contribution >= 0.6 is 23.2 Å². The number of fused-ring (bicyclic) bond motifs is 1. The summed E-state index contributed by atoms with van der Waals surface area (Å²) < 4.78 is 34.1. The Hall–Kier alpha value is -2.32. The Bertz CT molecular complexity index is 1320. The number of aliphatic carboxylic acids is 1. The highest BCUT2D eigenvalue weighted by atomic mass is 35.5. The van der Waals surface area contributed by atoms with E-state index < -0.39 is 27.4 Å². The van der Waals surface area contributed by atoms with Gasteiger partial charge in [0.25, 0.3) is 0 Å². The van der Waals surface area contributed by atoms with Crippen molar-refractivity contribution in [2.75, 3.05) is 13.1 Å². The lowest BCUT2D eigenvalue weighted by atomic mass is 9.89. The summed E-state index contributed by atoms with van der Waals surface area (Å²) in [5.41, 5.74) is 2.21. The summed E-state index contributed by atoms with van der Waals surface area (Å²) in [5.74, 6) is -0.618. The van der Waals surface area contributed by atoms with Gasteiger partial charge >= 0.3 is 5.97 Å². The molecule has 9 heteroatoms. The van der Waals surface area contributed by atoms with Gasteiger partial charge in [-0.1, -0.05) is 42.0 Å². The van der Waals surface area contributed by atoms with Crippen LogP contribution < -0.4 is 4.74 Å². The SMILES string of the molecule is CC1(C)CCc2cc(S(=O)(=O)N(CC(=O)O)CC3(Cl)C=CC=C(c4cccc(Cl)c4)C3)ccc2O1. The second-order valence-corrected chi connectivity index (χ2v) is 12.7. The van der Waals surface area contributed by atoms with Crippen LogP contribution in [-0.2, 0) is 21.2 Å². The molecular formula is C26H27Cl2NO5S. The third-order valence-electron chi connectivity index (χ3n) is 6.18. The van der Waals surface area contributed by atoms with Crippen LogP contribution in [-0.4, -0.2) is 47.4 Å². The molecule has 0 fully saturated rings. The van der Waals surface area contributed by atoms with Gasteiger partial charge in [-0.3, -0.25) is 4.79 Å². The molecule has 6 nitrogen and oxygen atoms in total. The van der Waals surface area contributed by atoms with Crippen LogP contribution in [0.1, 0.15) is 37.8 Å². The largest absolute Gasteiger partial charge is 0.488 e. The van der Waals surface area contributed by atoms with Gasteiger partial charge in [-0.15, -0.1) is 11.6 Å². The van der Waals surface area contributed by atoms with Gasteiger partial charge < -0.3 is 9.84 Å². The van der Waals surface area contributed by atoms with E-state index in [4.69, 9.17) is 27.9 Å². The third kappa shape index (κ3) is 5.92. The zero-order chi connectivity index (χ0) is 25.4. The van der Waals surface area contributed by atoms with E-state index in [1.54, 1.807) is 30.4 Å². The minimum absolute atomic E-state index is 0.0199. The number of aryl methyl sites for hydroxylation is 1. The minimum Gasteiger partial charge on any atom is -0.488 e. The second kappa shape index (κ2) is 9.62. The van der Waals surface area contributed by atoms with Crippen LogP contribution in [0.2, 0.25) is 5.02 Å². The number of halogens is 2. The molecule has 1 aliphatic carbocycles. The van der Waals surface area contributed by atoms with Crippen molar-refractivity contribution >= 4 is 44.8 Å². The van der Waals surface area contributed by atoms with Crippen molar-refractivity contribution in [2.24, 2.45) is 0 Å². The summed E-state index contributed by atoms with van der Waals surface area (Å²) in [4.78, 5) is 10.5. The minimum atomic E-state index is -4.15. The predicted octanol–water partition coefficient (Wildman–Crippen LogP) is 5.54. The molecule has 1 unspecified atom stereocenters. The smallest absolute Gasteiger partial charge is 0.318 e. The zero-order valence-corrected chi connectivity index (χ0v) is 21.8. The summed E-state index contributed by atoms with van der Waals surface area (Å²) >= 11 is 13.0. The predicted molar refractivity (Wildman–Crippen MR) is 138 cm³/mol. The number of carboxylic acids is 1. The number of rotatable bonds is 7. The van der Waals surface area contributed by atoms with Crippen molar-refractivity contribution in [3.8, 4) is 5.75 Å². The number of alkyl halides is 1. The molecule has 2 aliphatic rings. The first-order valence-electron chi connectivity index (χ1n) is 11.2. The summed E-state index contributed by atoms with van der Waals surface area (Å²) in [5, 5.41) is 10.1. The highest BCUT2D eigenvalue weighted by Gasteiger charge is 2.37. The number of ether oxygens (including phenoxy) is 1. The van der Waals surface area contributed by atoms with Gasteiger partial charge in [-0.2, -0.15) is 4.31 Å². The quantitative estimate of drug-likeness (QED) is 0.470. The lowest BCUT2D eigenvalue weighted by molar-refractivity contribution is -0.137. The molecule has 35 heavy (non-hydrogen) atoms. The van der Waals surface area contributed by atoms with E-state index in [9.17, 15) is 18.3 Å². The topological polar surface area (TPSA) is 83.9 Å². The molecule has 0 saturated heterocycles. The van der Waals surface area contributed by atoms with Crippen molar-refractivity contribution in [3.63, 3.8) is 0 Å². The van der Waals surface area contributed by atoms with Crippen molar-refractivity contribution in [1.82, 2.24) is 4.31 Å². The molecule has 1 atom stereocenters. The van der Waals surface area contributed by atoms with Crippen molar-refractivity contribution in [3.05, 3.63) is 76.8 Å². The van der Waals surface area contributed by atoms with E-state index in [-0.39, 0.29) is 17.0 Å². The maximum Gasteiger partial charge on any atom is 0.318 e. The molecular weight excluding hydrogens is 509 g/mol.